The molecule has 64 valence electrons. The third-order valence-corrected chi connectivity index (χ3v) is 2.41. The molecule has 1 amide bonds. The number of piperazine rings is 1. The molecule has 0 N–H and O–H groups in total. The van der Waals surface area contributed by atoms with Crippen molar-refractivity contribution in [1.82, 2.24) is 9.80 Å². The summed E-state index contributed by atoms with van der Waals surface area (Å²) in [6.45, 7) is 6.55. The van der Waals surface area contributed by atoms with E-state index < -0.39 is 0 Å². The molecule has 3 heteroatoms. The molecule has 1 fully saturated rings. The van der Waals surface area contributed by atoms with Gasteiger partial charge in [-0.25, -0.2) is 0 Å². The minimum absolute atomic E-state index is 0.199. The predicted octanol–water partition coefficient (Wildman–Crippen LogP) is 0.169. The van der Waals surface area contributed by atoms with Gasteiger partial charge < -0.3 is 9.80 Å². The molecular formula is C8H16N2O. The van der Waals surface area contributed by atoms with Crippen LogP contribution in [0.1, 0.15) is 13.8 Å². The van der Waals surface area contributed by atoms with Crippen LogP contribution in [-0.2, 0) is 4.79 Å². The van der Waals surface area contributed by atoms with Gasteiger partial charge in [0.1, 0.15) is 0 Å². The second kappa shape index (κ2) is 3.22. The average Bonchev–Trinajstić information content (AvgIpc) is 1.94. The zero-order valence-corrected chi connectivity index (χ0v) is 7.50. The summed E-state index contributed by atoms with van der Waals surface area (Å²) in [7, 11) is 2.10. The normalized spacial score (nSPS) is 27.2. The summed E-state index contributed by atoms with van der Waals surface area (Å²) in [6, 6.07) is 0.507. The Bertz CT molecular complexity index is 158. The number of likely N-dealkylation sites (N-methyl/N-ethyl adjacent to an activating group) is 1. The lowest BCUT2D eigenvalue weighted by Gasteiger charge is -2.37. The minimum Gasteiger partial charge on any atom is -0.340 e. The topological polar surface area (TPSA) is 23.6 Å². The lowest BCUT2D eigenvalue weighted by atomic mass is 10.2. The molecule has 0 aromatic carbocycles. The quantitative estimate of drug-likeness (QED) is 0.499. The highest BCUT2D eigenvalue weighted by Crippen LogP contribution is 2.06. The first kappa shape index (κ1) is 8.53. The van der Waals surface area contributed by atoms with E-state index in [1.807, 2.05) is 4.90 Å². The van der Waals surface area contributed by atoms with Crippen LogP contribution in [0.2, 0.25) is 0 Å². The molecule has 0 bridgehead atoms. The lowest BCUT2D eigenvalue weighted by Crippen LogP contribution is -2.51. The number of hydrogen-bond acceptors (Lipinski definition) is 2. The molecule has 0 unspecified atom stereocenters. The van der Waals surface area contributed by atoms with E-state index in [1.54, 1.807) is 6.92 Å². The van der Waals surface area contributed by atoms with Crippen molar-refractivity contribution in [3.05, 3.63) is 0 Å². The monoisotopic (exact) mass is 156 g/mol. The minimum atomic E-state index is 0.199. The van der Waals surface area contributed by atoms with Gasteiger partial charge in [0.25, 0.3) is 0 Å². The van der Waals surface area contributed by atoms with Gasteiger partial charge in [-0.3, -0.25) is 4.79 Å². The SMILES string of the molecule is CC(=O)N1CCN(C)[C@H](C)C1. The van der Waals surface area contributed by atoms with E-state index in [2.05, 4.69) is 18.9 Å². The Balaban J connectivity index is 2.46. The first-order valence-electron chi connectivity index (χ1n) is 4.07. The maximum Gasteiger partial charge on any atom is 0.219 e. The summed E-state index contributed by atoms with van der Waals surface area (Å²) < 4.78 is 0. The molecule has 0 aromatic heterocycles. The Labute approximate surface area is 68.0 Å². The molecule has 1 saturated heterocycles. The fourth-order valence-corrected chi connectivity index (χ4v) is 1.33. The van der Waals surface area contributed by atoms with E-state index in [1.165, 1.54) is 0 Å². The number of amides is 1. The summed E-state index contributed by atoms with van der Waals surface area (Å²) in [5.41, 5.74) is 0. The standard InChI is InChI=1S/C8H16N2O/c1-7-6-10(8(2)11)5-4-9(7)3/h7H,4-6H2,1-3H3/t7-/m1/s1. The highest BCUT2D eigenvalue weighted by molar-refractivity contribution is 5.73. The summed E-state index contributed by atoms with van der Waals surface area (Å²) in [6.07, 6.45) is 0. The largest absolute Gasteiger partial charge is 0.340 e. The summed E-state index contributed by atoms with van der Waals surface area (Å²) in [5.74, 6) is 0.199. The zero-order valence-electron chi connectivity index (χ0n) is 7.50. The average molecular weight is 156 g/mol. The molecule has 1 aliphatic heterocycles. The van der Waals surface area contributed by atoms with E-state index in [4.69, 9.17) is 0 Å². The van der Waals surface area contributed by atoms with E-state index in [-0.39, 0.29) is 5.91 Å². The second-order valence-electron chi connectivity index (χ2n) is 3.29. The molecule has 0 aliphatic carbocycles. The van der Waals surface area contributed by atoms with Gasteiger partial charge in [0, 0.05) is 32.6 Å². The van der Waals surface area contributed by atoms with Gasteiger partial charge >= 0.3 is 0 Å². The van der Waals surface area contributed by atoms with Crippen LogP contribution in [0.15, 0.2) is 0 Å². The van der Waals surface area contributed by atoms with Gasteiger partial charge in [0.15, 0.2) is 0 Å². The van der Waals surface area contributed by atoms with Crippen molar-refractivity contribution in [3.63, 3.8) is 0 Å². The van der Waals surface area contributed by atoms with E-state index in [0.29, 0.717) is 6.04 Å². The fraction of sp³-hybridized carbons (Fsp3) is 0.875. The van der Waals surface area contributed by atoms with Crippen LogP contribution in [0.3, 0.4) is 0 Å². The number of rotatable bonds is 0. The van der Waals surface area contributed by atoms with Crippen LogP contribution in [0.5, 0.6) is 0 Å². The third kappa shape index (κ3) is 1.93. The molecule has 0 radical (unpaired) electrons. The van der Waals surface area contributed by atoms with Crippen LogP contribution in [0.4, 0.5) is 0 Å². The van der Waals surface area contributed by atoms with Crippen molar-refractivity contribution in [2.45, 2.75) is 19.9 Å². The van der Waals surface area contributed by atoms with Gasteiger partial charge in [-0.1, -0.05) is 0 Å². The number of carbonyl (C=O) groups excluding carboxylic acids is 1. The van der Waals surface area contributed by atoms with Crippen molar-refractivity contribution in [1.29, 1.82) is 0 Å². The summed E-state index contributed by atoms with van der Waals surface area (Å²) >= 11 is 0. The van der Waals surface area contributed by atoms with Gasteiger partial charge in [-0.05, 0) is 14.0 Å². The molecule has 1 aliphatic rings. The molecule has 1 heterocycles. The first-order valence-corrected chi connectivity index (χ1v) is 4.07. The molecule has 1 atom stereocenters. The predicted molar refractivity (Wildman–Crippen MR) is 44.3 cm³/mol. The van der Waals surface area contributed by atoms with Crippen LogP contribution < -0.4 is 0 Å². The van der Waals surface area contributed by atoms with E-state index in [9.17, 15) is 4.79 Å². The molecule has 11 heavy (non-hydrogen) atoms. The number of nitrogens with zero attached hydrogens (tertiary/aromatic N) is 2. The molecule has 0 saturated carbocycles. The highest BCUT2D eigenvalue weighted by atomic mass is 16.2. The molecular weight excluding hydrogens is 140 g/mol. The van der Waals surface area contributed by atoms with Gasteiger partial charge in [-0.2, -0.15) is 0 Å². The third-order valence-electron chi connectivity index (χ3n) is 2.41. The Morgan fingerprint density at radius 3 is 2.55 bits per heavy atom. The van der Waals surface area contributed by atoms with Crippen molar-refractivity contribution >= 4 is 5.91 Å². The maximum absolute atomic E-state index is 11.0. The maximum atomic E-state index is 11.0. The molecule has 3 nitrogen and oxygen atoms in total. The van der Waals surface area contributed by atoms with E-state index >= 15 is 0 Å². The fourth-order valence-electron chi connectivity index (χ4n) is 1.33. The highest BCUT2D eigenvalue weighted by Gasteiger charge is 2.21. The van der Waals surface area contributed by atoms with Gasteiger partial charge in [0.05, 0.1) is 0 Å². The smallest absolute Gasteiger partial charge is 0.219 e. The van der Waals surface area contributed by atoms with Gasteiger partial charge in [-0.15, -0.1) is 0 Å². The molecule has 0 aromatic rings. The van der Waals surface area contributed by atoms with Crippen LogP contribution in [-0.4, -0.2) is 48.4 Å². The van der Waals surface area contributed by atoms with Gasteiger partial charge in [0.2, 0.25) is 5.91 Å². The van der Waals surface area contributed by atoms with Crippen LogP contribution in [0.25, 0.3) is 0 Å². The second-order valence-corrected chi connectivity index (χ2v) is 3.29. The molecule has 0 spiro atoms. The Morgan fingerprint density at radius 2 is 2.09 bits per heavy atom. The number of hydrogen-bond donors (Lipinski definition) is 0. The first-order chi connectivity index (χ1) is 5.11. The lowest BCUT2D eigenvalue weighted by molar-refractivity contribution is -0.131. The van der Waals surface area contributed by atoms with Crippen molar-refractivity contribution < 1.29 is 4.79 Å². The van der Waals surface area contributed by atoms with Crippen molar-refractivity contribution in [2.24, 2.45) is 0 Å². The Kier molecular flexibility index (Phi) is 2.49. The van der Waals surface area contributed by atoms with Crippen molar-refractivity contribution in [3.8, 4) is 0 Å². The summed E-state index contributed by atoms with van der Waals surface area (Å²) in [5, 5.41) is 0. The van der Waals surface area contributed by atoms with Crippen molar-refractivity contribution in [2.75, 3.05) is 26.7 Å². The Morgan fingerprint density at radius 1 is 1.45 bits per heavy atom. The zero-order chi connectivity index (χ0) is 8.43. The number of carbonyl (C=O) groups is 1. The Hall–Kier alpha value is -0.570. The van der Waals surface area contributed by atoms with Crippen LogP contribution >= 0.6 is 0 Å². The summed E-state index contributed by atoms with van der Waals surface area (Å²) in [4.78, 5) is 15.1. The molecule has 1 rings (SSSR count). The van der Waals surface area contributed by atoms with E-state index in [0.717, 1.165) is 19.6 Å². The van der Waals surface area contributed by atoms with Crippen LogP contribution in [0, 0.1) is 0 Å².